The van der Waals surface area contributed by atoms with E-state index in [0.717, 1.165) is 19.3 Å². The minimum Gasteiger partial charge on any atom is -0.299 e. The van der Waals surface area contributed by atoms with Crippen LogP contribution in [0, 0.1) is 19.3 Å². The molecule has 1 heteroatoms. The highest BCUT2D eigenvalue weighted by Crippen LogP contribution is 2.49. The van der Waals surface area contributed by atoms with Crippen LogP contribution in [-0.4, -0.2) is 5.78 Å². The van der Waals surface area contributed by atoms with Gasteiger partial charge in [-0.15, -0.1) is 0 Å². The highest BCUT2D eigenvalue weighted by Gasteiger charge is 2.47. The summed E-state index contributed by atoms with van der Waals surface area (Å²) in [5, 5.41) is 0. The Bertz CT molecular complexity index is 380. The molecule has 1 fully saturated rings. The maximum atomic E-state index is 11.6. The van der Waals surface area contributed by atoms with E-state index in [2.05, 4.69) is 32.0 Å². The molecular weight excluding hydrogens is 184 g/mol. The Morgan fingerprint density at radius 2 is 1.80 bits per heavy atom. The van der Waals surface area contributed by atoms with E-state index in [-0.39, 0.29) is 5.41 Å². The topological polar surface area (TPSA) is 17.1 Å². The molecule has 2 rings (SSSR count). The van der Waals surface area contributed by atoms with E-state index < -0.39 is 0 Å². The van der Waals surface area contributed by atoms with Gasteiger partial charge in [-0.05, 0) is 56.7 Å². The van der Waals surface area contributed by atoms with Crippen LogP contribution in [0.1, 0.15) is 36.5 Å². The third kappa shape index (κ3) is 1.83. The number of benzene rings is 1. The summed E-state index contributed by atoms with van der Waals surface area (Å²) in [6.45, 7) is 6.01. The van der Waals surface area contributed by atoms with Crippen LogP contribution in [0.5, 0.6) is 0 Å². The fourth-order valence-electron chi connectivity index (χ4n) is 2.27. The van der Waals surface area contributed by atoms with Gasteiger partial charge in [-0.1, -0.05) is 18.2 Å². The van der Waals surface area contributed by atoms with Crippen molar-refractivity contribution in [2.24, 2.45) is 5.41 Å². The molecule has 1 saturated carbocycles. The molecule has 0 N–H and O–H groups in total. The quantitative estimate of drug-likeness (QED) is 0.735. The zero-order chi connectivity index (χ0) is 11.1. The summed E-state index contributed by atoms with van der Waals surface area (Å²) < 4.78 is 0. The fourth-order valence-corrected chi connectivity index (χ4v) is 2.27. The Hall–Kier alpha value is -1.11. The average Bonchev–Trinajstić information content (AvgIpc) is 2.93. The molecule has 1 aromatic rings. The van der Waals surface area contributed by atoms with Gasteiger partial charge < -0.3 is 0 Å². The first-order valence-electron chi connectivity index (χ1n) is 5.61. The SMILES string of the molecule is CC(=O)C1(Cc2c(C)cccc2C)CC1. The van der Waals surface area contributed by atoms with Crippen molar-refractivity contribution in [3.05, 3.63) is 34.9 Å². The number of Topliss-reactive ketones (excluding diaryl/α,β-unsaturated/α-hetero) is 1. The molecule has 1 aliphatic carbocycles. The molecule has 1 aromatic carbocycles. The smallest absolute Gasteiger partial charge is 0.136 e. The lowest BCUT2D eigenvalue weighted by atomic mass is 9.88. The summed E-state index contributed by atoms with van der Waals surface area (Å²) in [5.41, 5.74) is 4.02. The molecule has 0 aliphatic heterocycles. The van der Waals surface area contributed by atoms with Crippen molar-refractivity contribution in [2.75, 3.05) is 0 Å². The summed E-state index contributed by atoms with van der Waals surface area (Å²) in [5.74, 6) is 0.366. The predicted molar refractivity (Wildman–Crippen MR) is 62.0 cm³/mol. The predicted octanol–water partition coefficient (Wildman–Crippen LogP) is 3.22. The average molecular weight is 202 g/mol. The van der Waals surface area contributed by atoms with Crippen LogP contribution in [-0.2, 0) is 11.2 Å². The highest BCUT2D eigenvalue weighted by molar-refractivity contribution is 5.85. The maximum Gasteiger partial charge on any atom is 0.136 e. The monoisotopic (exact) mass is 202 g/mol. The van der Waals surface area contributed by atoms with Crippen molar-refractivity contribution >= 4 is 5.78 Å². The molecule has 80 valence electrons. The Morgan fingerprint density at radius 3 is 2.20 bits per heavy atom. The van der Waals surface area contributed by atoms with Crippen LogP contribution in [0.4, 0.5) is 0 Å². The van der Waals surface area contributed by atoms with Crippen LogP contribution in [0.3, 0.4) is 0 Å². The first kappa shape index (κ1) is 10.4. The summed E-state index contributed by atoms with van der Waals surface area (Å²) in [7, 11) is 0. The van der Waals surface area contributed by atoms with E-state index >= 15 is 0 Å². The Kier molecular flexibility index (Phi) is 2.41. The second kappa shape index (κ2) is 3.48. The van der Waals surface area contributed by atoms with Gasteiger partial charge in [-0.25, -0.2) is 0 Å². The second-order valence-electron chi connectivity index (χ2n) is 4.88. The number of ketones is 1. The van der Waals surface area contributed by atoms with Crippen LogP contribution in [0.2, 0.25) is 0 Å². The minimum absolute atomic E-state index is 0.00310. The molecule has 1 aliphatic rings. The molecule has 0 amide bonds. The number of hydrogen-bond acceptors (Lipinski definition) is 1. The highest BCUT2D eigenvalue weighted by atomic mass is 16.1. The molecule has 15 heavy (non-hydrogen) atoms. The summed E-state index contributed by atoms with van der Waals surface area (Å²) in [4.78, 5) is 11.6. The molecule has 0 heterocycles. The Labute approximate surface area is 91.5 Å². The van der Waals surface area contributed by atoms with Gasteiger partial charge in [0.25, 0.3) is 0 Å². The van der Waals surface area contributed by atoms with Crippen molar-refractivity contribution in [1.82, 2.24) is 0 Å². The molecule has 0 aromatic heterocycles. The van der Waals surface area contributed by atoms with Crippen LogP contribution in [0.25, 0.3) is 0 Å². The van der Waals surface area contributed by atoms with Gasteiger partial charge in [0.15, 0.2) is 0 Å². The van der Waals surface area contributed by atoms with Crippen LogP contribution < -0.4 is 0 Å². The summed E-state index contributed by atoms with van der Waals surface area (Å²) >= 11 is 0. The van der Waals surface area contributed by atoms with E-state index in [0.29, 0.717) is 5.78 Å². The molecule has 0 unspecified atom stereocenters. The first-order valence-corrected chi connectivity index (χ1v) is 5.61. The molecule has 0 saturated heterocycles. The van der Waals surface area contributed by atoms with E-state index in [9.17, 15) is 4.79 Å². The zero-order valence-electron chi connectivity index (χ0n) is 9.76. The normalized spacial score (nSPS) is 17.5. The molecule has 0 radical (unpaired) electrons. The third-order valence-corrected chi connectivity index (χ3v) is 3.76. The molecular formula is C14H18O. The fraction of sp³-hybridized carbons (Fsp3) is 0.500. The summed E-state index contributed by atoms with van der Waals surface area (Å²) in [6, 6.07) is 6.36. The maximum absolute atomic E-state index is 11.6. The lowest BCUT2D eigenvalue weighted by molar-refractivity contribution is -0.121. The number of carbonyl (C=O) groups excluding carboxylic acids is 1. The third-order valence-electron chi connectivity index (χ3n) is 3.76. The van der Waals surface area contributed by atoms with Crippen LogP contribution in [0.15, 0.2) is 18.2 Å². The molecule has 0 atom stereocenters. The van der Waals surface area contributed by atoms with Gasteiger partial charge in [0.2, 0.25) is 0 Å². The Morgan fingerprint density at radius 1 is 1.27 bits per heavy atom. The van der Waals surface area contributed by atoms with E-state index in [1.807, 2.05) is 0 Å². The minimum atomic E-state index is -0.00310. The van der Waals surface area contributed by atoms with Crippen molar-refractivity contribution in [3.63, 3.8) is 0 Å². The first-order chi connectivity index (χ1) is 7.05. The zero-order valence-corrected chi connectivity index (χ0v) is 9.76. The van der Waals surface area contributed by atoms with E-state index in [1.54, 1.807) is 6.92 Å². The number of hydrogen-bond donors (Lipinski definition) is 0. The number of rotatable bonds is 3. The van der Waals surface area contributed by atoms with Crippen molar-refractivity contribution in [3.8, 4) is 0 Å². The second-order valence-corrected chi connectivity index (χ2v) is 4.88. The molecule has 0 bridgehead atoms. The van der Waals surface area contributed by atoms with E-state index in [4.69, 9.17) is 0 Å². The van der Waals surface area contributed by atoms with Gasteiger partial charge in [0, 0.05) is 5.41 Å². The number of aryl methyl sites for hydroxylation is 2. The number of carbonyl (C=O) groups is 1. The van der Waals surface area contributed by atoms with E-state index in [1.165, 1.54) is 16.7 Å². The standard InChI is InChI=1S/C14H18O/c1-10-5-4-6-11(2)13(10)9-14(7-8-14)12(3)15/h4-6H,7-9H2,1-3H3. The lowest BCUT2D eigenvalue weighted by Gasteiger charge is -2.15. The summed E-state index contributed by atoms with van der Waals surface area (Å²) in [6.07, 6.45) is 3.10. The van der Waals surface area contributed by atoms with Gasteiger partial charge in [-0.2, -0.15) is 0 Å². The molecule has 1 nitrogen and oxygen atoms in total. The molecule has 0 spiro atoms. The van der Waals surface area contributed by atoms with Crippen LogP contribution >= 0.6 is 0 Å². The van der Waals surface area contributed by atoms with Crippen molar-refractivity contribution in [2.45, 2.75) is 40.0 Å². The van der Waals surface area contributed by atoms with Gasteiger partial charge in [-0.3, -0.25) is 4.79 Å². The van der Waals surface area contributed by atoms with Crippen molar-refractivity contribution in [1.29, 1.82) is 0 Å². The van der Waals surface area contributed by atoms with Gasteiger partial charge >= 0.3 is 0 Å². The largest absolute Gasteiger partial charge is 0.299 e. The lowest BCUT2D eigenvalue weighted by Crippen LogP contribution is -2.16. The van der Waals surface area contributed by atoms with Gasteiger partial charge in [0.1, 0.15) is 5.78 Å². The van der Waals surface area contributed by atoms with Crippen molar-refractivity contribution < 1.29 is 4.79 Å². The Balaban J connectivity index is 2.29. The van der Waals surface area contributed by atoms with Gasteiger partial charge in [0.05, 0.1) is 0 Å².